The molecule has 4 rings (SSSR count). The zero-order valence-electron chi connectivity index (χ0n) is 17.1. The van der Waals surface area contributed by atoms with Crippen molar-refractivity contribution in [1.29, 1.82) is 0 Å². The molecule has 0 aliphatic heterocycles. The van der Waals surface area contributed by atoms with Crippen molar-refractivity contribution in [2.75, 3.05) is 10.6 Å². The number of pyridine rings is 1. The molecule has 0 atom stereocenters. The molecule has 3 aromatic rings. The van der Waals surface area contributed by atoms with Crippen molar-refractivity contribution in [1.82, 2.24) is 4.98 Å². The molecule has 2 N–H and O–H groups in total. The first-order chi connectivity index (χ1) is 14.5. The van der Waals surface area contributed by atoms with Crippen LogP contribution in [-0.4, -0.2) is 16.8 Å². The molecule has 149 valence electrons. The molecule has 0 spiro atoms. The number of carbonyl (C=O) groups is 2. The van der Waals surface area contributed by atoms with Crippen molar-refractivity contribution < 1.29 is 38.8 Å². The Balaban J connectivity index is 1.40. The molecule has 6 heteroatoms. The summed E-state index contributed by atoms with van der Waals surface area (Å²) in [6, 6.07) is 19.4. The molecule has 2 aromatic carbocycles. The van der Waals surface area contributed by atoms with E-state index in [9.17, 15) is 9.59 Å². The molecule has 30 heavy (non-hydrogen) atoms. The first-order valence-electron chi connectivity index (χ1n) is 10.0. The molecule has 5 nitrogen and oxygen atoms in total. The predicted octanol–water partition coefficient (Wildman–Crippen LogP) is 3.09. The third kappa shape index (κ3) is 4.52. The second kappa shape index (κ2) is 8.78. The minimum absolute atomic E-state index is 0.231. The van der Waals surface area contributed by atoms with E-state index < -0.39 is 34.6 Å². The number of hydrogen-bond donors (Lipinski definition) is 2. The topological polar surface area (TPSA) is 71.1 Å². The van der Waals surface area contributed by atoms with Gasteiger partial charge in [0.05, 0.1) is 0 Å². The van der Waals surface area contributed by atoms with Gasteiger partial charge < -0.3 is 0 Å². The summed E-state index contributed by atoms with van der Waals surface area (Å²) >= 11 is -1.13. The fraction of sp³-hybridized carbons (Fsp3) is 0.208. The number of nitrogens with zero attached hydrogens (tertiary/aromatic N) is 1. The normalized spacial score (nSPS) is 13.8. The third-order valence-corrected chi connectivity index (χ3v) is 9.71. The zero-order chi connectivity index (χ0) is 21.1. The van der Waals surface area contributed by atoms with Crippen LogP contribution in [-0.2, 0) is 38.8 Å². The minimum atomic E-state index is -1.13. The molecule has 0 bridgehead atoms. The van der Waals surface area contributed by atoms with E-state index in [1.807, 2.05) is 55.6 Å². The van der Waals surface area contributed by atoms with Gasteiger partial charge in [-0.3, -0.25) is 0 Å². The number of para-hydroxylation sites is 1. The zero-order valence-corrected chi connectivity index (χ0v) is 19.9. The number of hydrogen-bond acceptors (Lipinski definition) is 3. The van der Waals surface area contributed by atoms with E-state index in [-0.39, 0.29) is 11.8 Å². The molecule has 0 unspecified atom stereocenters. The Hall–Kier alpha value is -2.37. The Kier molecular flexibility index (Phi) is 6.12. The third-order valence-electron chi connectivity index (χ3n) is 5.64. The van der Waals surface area contributed by atoms with Crippen molar-refractivity contribution >= 4 is 27.9 Å². The van der Waals surface area contributed by atoms with E-state index in [2.05, 4.69) is 40.7 Å². The number of nitrogens with one attached hydrogen (secondary N) is 2. The van der Waals surface area contributed by atoms with Crippen molar-refractivity contribution in [3.8, 4) is 0 Å². The Labute approximate surface area is 191 Å². The van der Waals surface area contributed by atoms with Gasteiger partial charge in [0.25, 0.3) is 0 Å². The summed E-state index contributed by atoms with van der Waals surface area (Å²) < 4.78 is 2.78. The van der Waals surface area contributed by atoms with Crippen molar-refractivity contribution in [3.63, 3.8) is 0 Å². The molecule has 0 radical (unpaired) electrons. The van der Waals surface area contributed by atoms with Crippen LogP contribution in [0.15, 0.2) is 66.9 Å². The molecule has 1 saturated carbocycles. The van der Waals surface area contributed by atoms with Crippen LogP contribution >= 0.6 is 0 Å². The predicted molar refractivity (Wildman–Crippen MR) is 115 cm³/mol. The fourth-order valence-corrected chi connectivity index (χ4v) is 6.69. The fourth-order valence-electron chi connectivity index (χ4n) is 3.36. The van der Waals surface area contributed by atoms with E-state index in [4.69, 9.17) is 0 Å². The molecule has 1 aliphatic rings. The second-order valence-corrected chi connectivity index (χ2v) is 11.6. The van der Waals surface area contributed by atoms with Gasteiger partial charge in [-0.05, 0) is 0 Å². The Morgan fingerprint density at radius 3 is 2.07 bits per heavy atom. The van der Waals surface area contributed by atoms with E-state index in [0.717, 1.165) is 11.4 Å². The molecule has 1 aromatic heterocycles. The maximum absolute atomic E-state index is 12.8. The van der Waals surface area contributed by atoms with Gasteiger partial charge in [-0.15, -0.1) is 0 Å². The van der Waals surface area contributed by atoms with Gasteiger partial charge in [-0.25, -0.2) is 0 Å². The number of aromatic nitrogens is 1. The molecule has 1 heterocycles. The van der Waals surface area contributed by atoms with Crippen LogP contribution in [0.5, 0.6) is 0 Å². The van der Waals surface area contributed by atoms with Gasteiger partial charge in [0.15, 0.2) is 0 Å². The summed E-state index contributed by atoms with van der Waals surface area (Å²) in [5.41, 5.74) is 2.85. The second-order valence-electron chi connectivity index (χ2n) is 7.73. The quantitative estimate of drug-likeness (QED) is 0.540. The van der Waals surface area contributed by atoms with Crippen LogP contribution in [0.1, 0.15) is 24.1 Å². The number of rotatable bonds is 6. The van der Waals surface area contributed by atoms with Gasteiger partial charge in [0, 0.05) is 0 Å². The summed E-state index contributed by atoms with van der Waals surface area (Å²) in [7, 11) is 0. The number of aryl methyl sites for hydroxylation is 1. The van der Waals surface area contributed by atoms with Crippen LogP contribution in [0.3, 0.4) is 0 Å². The van der Waals surface area contributed by atoms with Crippen molar-refractivity contribution in [2.24, 2.45) is 5.41 Å². The molecule has 1 aliphatic carbocycles. The van der Waals surface area contributed by atoms with Crippen LogP contribution in [0.4, 0.5) is 11.4 Å². The monoisotopic (exact) mass is 474 g/mol. The first kappa shape index (κ1) is 20.9. The Bertz CT molecular complexity index is 1080. The van der Waals surface area contributed by atoms with Crippen LogP contribution in [0.2, 0.25) is 0 Å². The van der Waals surface area contributed by atoms with Crippen molar-refractivity contribution in [3.05, 3.63) is 78.1 Å². The van der Waals surface area contributed by atoms with E-state index in [1.54, 1.807) is 0 Å². The molecular weight excluding hydrogens is 451 g/mol. The van der Waals surface area contributed by atoms with Crippen LogP contribution in [0.25, 0.3) is 0 Å². The summed E-state index contributed by atoms with van der Waals surface area (Å²) in [5.74, 6) is -0.465. The van der Waals surface area contributed by atoms with Gasteiger partial charge in [0.2, 0.25) is 0 Å². The number of carbonyl (C=O) groups excluding carboxylic acids is 2. The number of benzene rings is 2. The molecule has 1 fully saturated rings. The summed E-state index contributed by atoms with van der Waals surface area (Å²) in [4.78, 5) is 29.8. The van der Waals surface area contributed by atoms with Gasteiger partial charge in [-0.2, -0.15) is 0 Å². The van der Waals surface area contributed by atoms with Crippen LogP contribution in [0, 0.1) is 19.3 Å². The Morgan fingerprint density at radius 2 is 1.47 bits per heavy atom. The average Bonchev–Trinajstić information content (AvgIpc) is 3.56. The van der Waals surface area contributed by atoms with Gasteiger partial charge in [0.1, 0.15) is 0 Å². The number of anilines is 2. The van der Waals surface area contributed by atoms with Crippen LogP contribution < -0.4 is 15.4 Å². The first-order valence-corrected chi connectivity index (χ1v) is 12.9. The Morgan fingerprint density at radius 1 is 0.867 bits per heavy atom. The standard InChI is InChI=1S/C17H15N2O2.C7H8N.Y/c20-15(18-13-7-3-1-4-8-13)17(11-12-17)16(21)19-14-9-5-2-6-10-14;1-6-4-3-5-8-7(6)2;/h1,3-10H,11-12H2,(H,18,20)(H,19,21);3,5H,1-2H3;. The van der Waals surface area contributed by atoms with Gasteiger partial charge in [-0.1, -0.05) is 6.07 Å². The summed E-state index contributed by atoms with van der Waals surface area (Å²) in [6.45, 7) is 4.18. The molecule has 0 saturated heterocycles. The van der Waals surface area contributed by atoms with Gasteiger partial charge >= 0.3 is 186 Å². The SMILES string of the molecule is Cc1ncc[c]([Y][c]2ccc(NC(=O)C3(C(=O)Nc4ccccc4)CC3)cc2)c1C. The summed E-state index contributed by atoms with van der Waals surface area (Å²) in [6.07, 6.45) is 3.03. The molecule has 2 amide bonds. The van der Waals surface area contributed by atoms with E-state index in [0.29, 0.717) is 18.5 Å². The van der Waals surface area contributed by atoms with E-state index >= 15 is 0 Å². The maximum atomic E-state index is 12.8. The number of amides is 2. The van der Waals surface area contributed by atoms with E-state index in [1.165, 1.54) is 10.3 Å². The summed E-state index contributed by atoms with van der Waals surface area (Å²) in [5, 5.41) is 5.79. The van der Waals surface area contributed by atoms with Crippen molar-refractivity contribution in [2.45, 2.75) is 26.7 Å². The average molecular weight is 474 g/mol. The molecular formula is C24H23N3O2Y.